The van der Waals surface area contributed by atoms with Crippen molar-refractivity contribution in [2.24, 2.45) is 0 Å². The van der Waals surface area contributed by atoms with Gasteiger partial charge in [-0.3, -0.25) is 9.78 Å². The average molecular weight is 229 g/mol. The van der Waals surface area contributed by atoms with Crippen molar-refractivity contribution in [1.82, 2.24) is 4.98 Å². The molecule has 0 radical (unpaired) electrons. The van der Waals surface area contributed by atoms with Crippen LogP contribution in [-0.4, -0.2) is 10.8 Å². The summed E-state index contributed by atoms with van der Waals surface area (Å²) < 4.78 is 13.4. The molecule has 0 atom stereocenters. The summed E-state index contributed by atoms with van der Waals surface area (Å²) in [5.74, 6) is -0.438. The van der Waals surface area contributed by atoms with E-state index in [2.05, 4.69) is 4.98 Å². The highest BCUT2D eigenvalue weighted by Crippen LogP contribution is 2.11. The molecule has 1 aromatic heterocycles. The van der Waals surface area contributed by atoms with Crippen LogP contribution in [0.1, 0.15) is 21.6 Å². The number of rotatable bonds is 3. The SMILES string of the molecule is Cc1cc(C(=O)Cc2ccccc2F)ccn1. The van der Waals surface area contributed by atoms with Crippen molar-refractivity contribution in [2.75, 3.05) is 0 Å². The average Bonchev–Trinajstić information content (AvgIpc) is 2.32. The number of halogens is 1. The van der Waals surface area contributed by atoms with Crippen LogP contribution in [0.5, 0.6) is 0 Å². The number of hydrogen-bond acceptors (Lipinski definition) is 2. The monoisotopic (exact) mass is 229 g/mol. The molecule has 2 rings (SSSR count). The number of carbonyl (C=O) groups excluding carboxylic acids is 1. The van der Waals surface area contributed by atoms with Gasteiger partial charge in [-0.15, -0.1) is 0 Å². The van der Waals surface area contributed by atoms with Gasteiger partial charge < -0.3 is 0 Å². The van der Waals surface area contributed by atoms with E-state index in [-0.39, 0.29) is 18.0 Å². The lowest BCUT2D eigenvalue weighted by Gasteiger charge is -2.03. The second-order valence-corrected chi connectivity index (χ2v) is 3.88. The quantitative estimate of drug-likeness (QED) is 0.757. The normalized spacial score (nSPS) is 10.2. The highest BCUT2D eigenvalue weighted by molar-refractivity contribution is 5.97. The molecule has 0 aliphatic carbocycles. The van der Waals surface area contributed by atoms with Crippen LogP contribution in [0.4, 0.5) is 4.39 Å². The molecule has 1 aromatic carbocycles. The number of aromatic nitrogens is 1. The Morgan fingerprint density at radius 1 is 1.29 bits per heavy atom. The number of ketones is 1. The Hall–Kier alpha value is -2.03. The summed E-state index contributed by atoms with van der Waals surface area (Å²) in [7, 11) is 0. The third kappa shape index (κ3) is 2.75. The van der Waals surface area contributed by atoms with Gasteiger partial charge >= 0.3 is 0 Å². The van der Waals surface area contributed by atoms with Crippen molar-refractivity contribution in [2.45, 2.75) is 13.3 Å². The van der Waals surface area contributed by atoms with Gasteiger partial charge in [0.1, 0.15) is 5.82 Å². The molecule has 0 amide bonds. The van der Waals surface area contributed by atoms with Crippen molar-refractivity contribution < 1.29 is 9.18 Å². The lowest BCUT2D eigenvalue weighted by Crippen LogP contribution is -2.05. The second-order valence-electron chi connectivity index (χ2n) is 3.88. The summed E-state index contributed by atoms with van der Waals surface area (Å²) in [4.78, 5) is 15.9. The van der Waals surface area contributed by atoms with Crippen LogP contribution in [0.2, 0.25) is 0 Å². The van der Waals surface area contributed by atoms with E-state index in [0.717, 1.165) is 5.69 Å². The first-order valence-corrected chi connectivity index (χ1v) is 5.36. The summed E-state index contributed by atoms with van der Waals surface area (Å²) in [6.07, 6.45) is 1.67. The van der Waals surface area contributed by atoms with E-state index in [9.17, 15) is 9.18 Å². The van der Waals surface area contributed by atoms with Crippen LogP contribution in [0, 0.1) is 12.7 Å². The van der Waals surface area contributed by atoms with E-state index in [0.29, 0.717) is 11.1 Å². The minimum absolute atomic E-state index is 0.0795. The lowest BCUT2D eigenvalue weighted by molar-refractivity contribution is 0.0991. The number of benzene rings is 1. The molecule has 17 heavy (non-hydrogen) atoms. The van der Waals surface area contributed by atoms with Gasteiger partial charge in [0.25, 0.3) is 0 Å². The molecule has 86 valence electrons. The van der Waals surface area contributed by atoms with E-state index in [1.54, 1.807) is 36.5 Å². The van der Waals surface area contributed by atoms with E-state index in [1.807, 2.05) is 6.92 Å². The van der Waals surface area contributed by atoms with Gasteiger partial charge in [-0.25, -0.2) is 4.39 Å². The van der Waals surface area contributed by atoms with Crippen LogP contribution in [0.25, 0.3) is 0 Å². The van der Waals surface area contributed by atoms with E-state index >= 15 is 0 Å². The van der Waals surface area contributed by atoms with Gasteiger partial charge in [-0.05, 0) is 30.7 Å². The zero-order valence-corrected chi connectivity index (χ0v) is 9.48. The molecular formula is C14H12FNO. The Kier molecular flexibility index (Phi) is 3.28. The predicted octanol–water partition coefficient (Wildman–Crippen LogP) is 2.95. The fourth-order valence-corrected chi connectivity index (χ4v) is 1.64. The standard InChI is InChI=1S/C14H12FNO/c1-10-8-12(6-7-16-10)14(17)9-11-4-2-3-5-13(11)15/h2-8H,9H2,1H3. The summed E-state index contributed by atoms with van der Waals surface area (Å²) in [5, 5.41) is 0. The Balaban J connectivity index is 2.20. The molecule has 1 heterocycles. The first-order chi connectivity index (χ1) is 8.16. The number of hydrogen-bond donors (Lipinski definition) is 0. The van der Waals surface area contributed by atoms with Gasteiger partial charge in [0.15, 0.2) is 5.78 Å². The van der Waals surface area contributed by atoms with Crippen LogP contribution < -0.4 is 0 Å². The van der Waals surface area contributed by atoms with Crippen molar-refractivity contribution >= 4 is 5.78 Å². The Labute approximate surface area is 99.1 Å². The Morgan fingerprint density at radius 3 is 2.76 bits per heavy atom. The molecule has 2 aromatic rings. The Morgan fingerprint density at radius 2 is 2.06 bits per heavy atom. The molecule has 0 N–H and O–H groups in total. The van der Waals surface area contributed by atoms with Crippen LogP contribution >= 0.6 is 0 Å². The molecule has 0 saturated carbocycles. The van der Waals surface area contributed by atoms with Crippen molar-refractivity contribution in [3.8, 4) is 0 Å². The molecule has 0 aliphatic heterocycles. The van der Waals surface area contributed by atoms with Crippen LogP contribution in [0.15, 0.2) is 42.6 Å². The minimum Gasteiger partial charge on any atom is -0.294 e. The van der Waals surface area contributed by atoms with Crippen LogP contribution in [0.3, 0.4) is 0 Å². The maximum Gasteiger partial charge on any atom is 0.167 e. The number of carbonyl (C=O) groups is 1. The molecule has 2 nitrogen and oxygen atoms in total. The zero-order valence-electron chi connectivity index (χ0n) is 9.48. The van der Waals surface area contributed by atoms with E-state index in [1.165, 1.54) is 6.07 Å². The minimum atomic E-state index is -0.341. The molecular weight excluding hydrogens is 217 g/mol. The van der Waals surface area contributed by atoms with E-state index < -0.39 is 0 Å². The van der Waals surface area contributed by atoms with Crippen molar-refractivity contribution in [1.29, 1.82) is 0 Å². The molecule has 0 aliphatic rings. The predicted molar refractivity (Wildman–Crippen MR) is 63.4 cm³/mol. The van der Waals surface area contributed by atoms with E-state index in [4.69, 9.17) is 0 Å². The third-order valence-electron chi connectivity index (χ3n) is 2.53. The summed E-state index contributed by atoms with van der Waals surface area (Å²) in [6.45, 7) is 1.82. The van der Waals surface area contributed by atoms with Crippen molar-refractivity contribution in [3.05, 3.63) is 65.2 Å². The highest BCUT2D eigenvalue weighted by Gasteiger charge is 2.10. The lowest BCUT2D eigenvalue weighted by atomic mass is 10.0. The van der Waals surface area contributed by atoms with Gasteiger partial charge in [-0.2, -0.15) is 0 Å². The fourth-order valence-electron chi connectivity index (χ4n) is 1.64. The highest BCUT2D eigenvalue weighted by atomic mass is 19.1. The summed E-state index contributed by atoms with van der Waals surface area (Å²) >= 11 is 0. The number of Topliss-reactive ketones (excluding diaryl/α,β-unsaturated/α-hetero) is 1. The first-order valence-electron chi connectivity index (χ1n) is 5.36. The molecule has 0 bridgehead atoms. The number of aryl methyl sites for hydroxylation is 1. The first kappa shape index (κ1) is 11.5. The maximum absolute atomic E-state index is 13.4. The summed E-state index contributed by atoms with van der Waals surface area (Å²) in [6, 6.07) is 9.68. The maximum atomic E-state index is 13.4. The van der Waals surface area contributed by atoms with Gasteiger partial charge in [0.05, 0.1) is 0 Å². The second kappa shape index (κ2) is 4.87. The fraction of sp³-hybridized carbons (Fsp3) is 0.143. The largest absolute Gasteiger partial charge is 0.294 e. The molecule has 0 fully saturated rings. The van der Waals surface area contributed by atoms with Crippen molar-refractivity contribution in [3.63, 3.8) is 0 Å². The van der Waals surface area contributed by atoms with Crippen LogP contribution in [-0.2, 0) is 6.42 Å². The molecule has 3 heteroatoms. The number of pyridine rings is 1. The molecule has 0 saturated heterocycles. The molecule has 0 spiro atoms. The van der Waals surface area contributed by atoms with Gasteiger partial charge in [0, 0.05) is 23.9 Å². The van der Waals surface area contributed by atoms with Gasteiger partial charge in [0.2, 0.25) is 0 Å². The van der Waals surface area contributed by atoms with Gasteiger partial charge in [-0.1, -0.05) is 18.2 Å². The topological polar surface area (TPSA) is 30.0 Å². The smallest absolute Gasteiger partial charge is 0.167 e. The Bertz CT molecular complexity index is 551. The summed E-state index contributed by atoms with van der Waals surface area (Å²) in [5.41, 5.74) is 1.78. The zero-order chi connectivity index (χ0) is 12.3. The third-order valence-corrected chi connectivity index (χ3v) is 2.53. The molecule has 0 unspecified atom stereocenters. The number of nitrogens with zero attached hydrogens (tertiary/aromatic N) is 1.